The Balaban J connectivity index is 2.03. The lowest BCUT2D eigenvalue weighted by Crippen LogP contribution is -1.81. The summed E-state index contributed by atoms with van der Waals surface area (Å²) in [6.45, 7) is 0. The van der Waals surface area contributed by atoms with Gasteiger partial charge in [-0.2, -0.15) is 5.10 Å². The van der Waals surface area contributed by atoms with E-state index >= 15 is 0 Å². The number of H-pyrrole nitrogens is 1. The number of thiophene rings is 1. The van der Waals surface area contributed by atoms with E-state index in [0.717, 1.165) is 16.3 Å². The third-order valence-corrected chi connectivity index (χ3v) is 3.67. The van der Waals surface area contributed by atoms with Crippen LogP contribution in [0, 0.1) is 0 Å². The number of nitrogens with zero attached hydrogens (tertiary/aromatic N) is 2. The molecular weight excluding hydrogens is 289 g/mol. The summed E-state index contributed by atoms with van der Waals surface area (Å²) in [6.07, 6.45) is 0. The van der Waals surface area contributed by atoms with Crippen molar-refractivity contribution < 1.29 is 0 Å². The molecule has 0 aliphatic heterocycles. The van der Waals surface area contributed by atoms with Crippen molar-refractivity contribution in [3.8, 4) is 22.1 Å². The second-order valence-corrected chi connectivity index (χ2v) is 5.46. The minimum absolute atomic E-state index is 0.569. The maximum Gasteiger partial charge on any atom is 0.181 e. The van der Waals surface area contributed by atoms with Gasteiger partial charge in [-0.15, -0.1) is 11.3 Å². The van der Waals surface area contributed by atoms with Crippen molar-refractivity contribution >= 4 is 34.5 Å². The van der Waals surface area contributed by atoms with Crippen LogP contribution in [0.4, 0.5) is 0 Å². The number of halogens is 2. The van der Waals surface area contributed by atoms with Crippen LogP contribution in [0.5, 0.6) is 0 Å². The van der Waals surface area contributed by atoms with Gasteiger partial charge in [0.05, 0.1) is 4.88 Å². The van der Waals surface area contributed by atoms with E-state index < -0.39 is 0 Å². The lowest BCUT2D eigenvalue weighted by atomic mass is 10.2. The molecule has 18 heavy (non-hydrogen) atoms. The first kappa shape index (κ1) is 11.7. The summed E-state index contributed by atoms with van der Waals surface area (Å²) < 4.78 is 0. The molecule has 1 N–H and O–H groups in total. The van der Waals surface area contributed by atoms with Gasteiger partial charge in [0.15, 0.2) is 11.6 Å². The van der Waals surface area contributed by atoms with Gasteiger partial charge in [0.1, 0.15) is 0 Å². The highest BCUT2D eigenvalue weighted by atomic mass is 35.5. The quantitative estimate of drug-likeness (QED) is 0.756. The highest BCUT2D eigenvalue weighted by Crippen LogP contribution is 2.27. The van der Waals surface area contributed by atoms with Crippen LogP contribution in [0.2, 0.25) is 10.0 Å². The van der Waals surface area contributed by atoms with Crippen molar-refractivity contribution in [1.82, 2.24) is 15.2 Å². The third kappa shape index (κ3) is 2.27. The molecule has 0 aliphatic carbocycles. The van der Waals surface area contributed by atoms with E-state index in [-0.39, 0.29) is 0 Å². The standard InChI is InChI=1S/C12H7Cl2N3S/c13-8-4-7(5-9(14)6-8)11-15-12(17-16-11)10-2-1-3-18-10/h1-6H,(H,15,16,17). The van der Waals surface area contributed by atoms with Crippen LogP contribution < -0.4 is 0 Å². The molecule has 0 bridgehead atoms. The van der Waals surface area contributed by atoms with Crippen LogP contribution in [0.25, 0.3) is 22.1 Å². The molecule has 6 heteroatoms. The first-order valence-corrected chi connectivity index (χ1v) is 6.79. The Morgan fingerprint density at radius 2 is 1.89 bits per heavy atom. The topological polar surface area (TPSA) is 41.6 Å². The van der Waals surface area contributed by atoms with Gasteiger partial charge in [-0.25, -0.2) is 4.98 Å². The third-order valence-electron chi connectivity index (χ3n) is 2.36. The number of hydrogen-bond acceptors (Lipinski definition) is 3. The summed E-state index contributed by atoms with van der Waals surface area (Å²) in [4.78, 5) is 5.48. The van der Waals surface area contributed by atoms with Gasteiger partial charge in [-0.3, -0.25) is 5.10 Å². The van der Waals surface area contributed by atoms with Crippen LogP contribution in [0.1, 0.15) is 0 Å². The molecule has 0 aliphatic rings. The maximum absolute atomic E-state index is 5.96. The van der Waals surface area contributed by atoms with Gasteiger partial charge in [0.2, 0.25) is 0 Å². The molecule has 3 nitrogen and oxygen atoms in total. The van der Waals surface area contributed by atoms with Crippen molar-refractivity contribution in [3.63, 3.8) is 0 Å². The van der Waals surface area contributed by atoms with Gasteiger partial charge < -0.3 is 0 Å². The minimum atomic E-state index is 0.569. The van der Waals surface area contributed by atoms with Gasteiger partial charge in [-0.05, 0) is 29.6 Å². The zero-order chi connectivity index (χ0) is 12.5. The van der Waals surface area contributed by atoms with E-state index in [9.17, 15) is 0 Å². The van der Waals surface area contributed by atoms with E-state index in [1.54, 1.807) is 29.5 Å². The van der Waals surface area contributed by atoms with Gasteiger partial charge in [-0.1, -0.05) is 29.3 Å². The molecule has 0 saturated carbocycles. The van der Waals surface area contributed by atoms with Crippen LogP contribution >= 0.6 is 34.5 Å². The summed E-state index contributed by atoms with van der Waals surface area (Å²) >= 11 is 13.5. The lowest BCUT2D eigenvalue weighted by molar-refractivity contribution is 1.10. The number of aromatic nitrogens is 3. The van der Waals surface area contributed by atoms with Crippen LogP contribution in [-0.4, -0.2) is 15.2 Å². The highest BCUT2D eigenvalue weighted by molar-refractivity contribution is 7.13. The van der Waals surface area contributed by atoms with Gasteiger partial charge >= 0.3 is 0 Å². The Kier molecular flexibility index (Phi) is 3.07. The second kappa shape index (κ2) is 4.72. The number of nitrogens with one attached hydrogen (secondary N) is 1. The van der Waals surface area contributed by atoms with E-state index in [2.05, 4.69) is 15.2 Å². The molecule has 2 aromatic heterocycles. The summed E-state index contributed by atoms with van der Waals surface area (Å²) in [5, 5.41) is 10.2. The molecule has 0 amide bonds. The molecule has 0 spiro atoms. The fourth-order valence-corrected chi connectivity index (χ4v) is 2.79. The predicted molar refractivity (Wildman–Crippen MR) is 75.2 cm³/mol. The Morgan fingerprint density at radius 1 is 1.11 bits per heavy atom. The second-order valence-electron chi connectivity index (χ2n) is 3.64. The van der Waals surface area contributed by atoms with Crippen molar-refractivity contribution in [1.29, 1.82) is 0 Å². The normalized spacial score (nSPS) is 10.8. The molecule has 90 valence electrons. The van der Waals surface area contributed by atoms with Crippen LogP contribution in [0.15, 0.2) is 35.7 Å². The maximum atomic E-state index is 5.96. The predicted octanol–water partition coefficient (Wildman–Crippen LogP) is 4.51. The monoisotopic (exact) mass is 295 g/mol. The Hall–Kier alpha value is -1.36. The first-order chi connectivity index (χ1) is 8.72. The lowest BCUT2D eigenvalue weighted by Gasteiger charge is -1.97. The highest BCUT2D eigenvalue weighted by Gasteiger charge is 2.09. The number of rotatable bonds is 2. The first-order valence-electron chi connectivity index (χ1n) is 5.15. The Labute approximate surface area is 117 Å². The molecule has 3 rings (SSSR count). The molecule has 3 aromatic rings. The average molecular weight is 296 g/mol. The van der Waals surface area contributed by atoms with Crippen LogP contribution in [-0.2, 0) is 0 Å². The largest absolute Gasteiger partial charge is 0.258 e. The minimum Gasteiger partial charge on any atom is -0.258 e. The summed E-state index contributed by atoms with van der Waals surface area (Å²) in [5.41, 5.74) is 0.798. The molecule has 0 unspecified atom stereocenters. The molecule has 0 saturated heterocycles. The van der Waals surface area contributed by atoms with E-state index in [0.29, 0.717) is 15.9 Å². The molecule has 0 radical (unpaired) electrons. The van der Waals surface area contributed by atoms with E-state index in [4.69, 9.17) is 23.2 Å². The Morgan fingerprint density at radius 3 is 2.56 bits per heavy atom. The van der Waals surface area contributed by atoms with Crippen molar-refractivity contribution in [3.05, 3.63) is 45.8 Å². The van der Waals surface area contributed by atoms with E-state index in [1.165, 1.54) is 0 Å². The van der Waals surface area contributed by atoms with Crippen molar-refractivity contribution in [2.75, 3.05) is 0 Å². The molecular formula is C12H7Cl2N3S. The summed E-state index contributed by atoms with van der Waals surface area (Å²) in [7, 11) is 0. The number of aromatic amines is 1. The number of benzene rings is 1. The van der Waals surface area contributed by atoms with Gasteiger partial charge in [0.25, 0.3) is 0 Å². The number of hydrogen-bond donors (Lipinski definition) is 1. The smallest absolute Gasteiger partial charge is 0.181 e. The fraction of sp³-hybridized carbons (Fsp3) is 0. The molecule has 1 aromatic carbocycles. The zero-order valence-electron chi connectivity index (χ0n) is 9.02. The molecule has 0 fully saturated rings. The summed E-state index contributed by atoms with van der Waals surface area (Å²) in [6, 6.07) is 9.21. The SMILES string of the molecule is Clc1cc(Cl)cc(-c2n[nH]c(-c3cccs3)n2)c1. The van der Waals surface area contributed by atoms with Gasteiger partial charge in [0, 0.05) is 15.6 Å². The zero-order valence-corrected chi connectivity index (χ0v) is 11.4. The molecule has 0 atom stereocenters. The van der Waals surface area contributed by atoms with Crippen molar-refractivity contribution in [2.24, 2.45) is 0 Å². The van der Waals surface area contributed by atoms with Crippen LogP contribution in [0.3, 0.4) is 0 Å². The Bertz CT molecular complexity index is 656. The average Bonchev–Trinajstić information content (AvgIpc) is 2.99. The fourth-order valence-electron chi connectivity index (χ4n) is 1.60. The summed E-state index contributed by atoms with van der Waals surface area (Å²) in [5.74, 6) is 1.33. The van der Waals surface area contributed by atoms with Crippen molar-refractivity contribution in [2.45, 2.75) is 0 Å². The van der Waals surface area contributed by atoms with E-state index in [1.807, 2.05) is 17.5 Å². The molecule has 2 heterocycles.